The van der Waals surface area contributed by atoms with Gasteiger partial charge in [-0.2, -0.15) is 0 Å². The van der Waals surface area contributed by atoms with Gasteiger partial charge in [0, 0.05) is 23.1 Å². The summed E-state index contributed by atoms with van der Waals surface area (Å²) in [5.41, 5.74) is 2.32. The Labute approximate surface area is 109 Å². The molecule has 17 heavy (non-hydrogen) atoms. The lowest BCUT2D eigenvalue weighted by molar-refractivity contribution is 0.865. The van der Waals surface area contributed by atoms with E-state index in [2.05, 4.69) is 44.2 Å². The van der Waals surface area contributed by atoms with E-state index in [9.17, 15) is 0 Å². The molecule has 0 saturated heterocycles. The van der Waals surface area contributed by atoms with Crippen LogP contribution in [-0.4, -0.2) is 9.97 Å². The molecule has 0 amide bonds. The monoisotopic (exact) mass is 291 g/mol. The molecule has 4 heteroatoms. The van der Waals surface area contributed by atoms with Crippen LogP contribution in [0.15, 0.2) is 41.3 Å². The molecule has 2 rings (SSSR count). The molecule has 1 N–H and O–H groups in total. The number of pyridine rings is 2. The van der Waals surface area contributed by atoms with Crippen molar-refractivity contribution in [1.29, 1.82) is 0 Å². The second-order valence-electron chi connectivity index (χ2n) is 3.97. The van der Waals surface area contributed by atoms with E-state index in [1.807, 2.05) is 31.5 Å². The van der Waals surface area contributed by atoms with Crippen LogP contribution in [0.5, 0.6) is 0 Å². The molecule has 2 aromatic rings. The van der Waals surface area contributed by atoms with Crippen molar-refractivity contribution in [3.63, 3.8) is 0 Å². The summed E-state index contributed by atoms with van der Waals surface area (Å²) in [6, 6.07) is 6.21. The number of nitrogens with one attached hydrogen (secondary N) is 1. The van der Waals surface area contributed by atoms with Gasteiger partial charge in [0.2, 0.25) is 0 Å². The summed E-state index contributed by atoms with van der Waals surface area (Å²) >= 11 is 3.44. The van der Waals surface area contributed by atoms with E-state index in [0.29, 0.717) is 0 Å². The Morgan fingerprint density at radius 3 is 2.82 bits per heavy atom. The minimum absolute atomic E-state index is 0.191. The zero-order valence-electron chi connectivity index (χ0n) is 9.81. The van der Waals surface area contributed by atoms with Gasteiger partial charge in [0.1, 0.15) is 5.82 Å². The zero-order valence-corrected chi connectivity index (χ0v) is 11.4. The summed E-state index contributed by atoms with van der Waals surface area (Å²) in [5, 5.41) is 3.35. The van der Waals surface area contributed by atoms with Crippen LogP contribution >= 0.6 is 15.9 Å². The number of hydrogen-bond donors (Lipinski definition) is 1. The first kappa shape index (κ1) is 12.0. The van der Waals surface area contributed by atoms with E-state index >= 15 is 0 Å². The fourth-order valence-corrected chi connectivity index (χ4v) is 1.77. The highest BCUT2D eigenvalue weighted by Crippen LogP contribution is 2.21. The maximum absolute atomic E-state index is 4.33. The van der Waals surface area contributed by atoms with Crippen LogP contribution < -0.4 is 5.32 Å². The van der Waals surface area contributed by atoms with Crippen molar-refractivity contribution >= 4 is 21.7 Å². The van der Waals surface area contributed by atoms with Crippen molar-refractivity contribution in [3.05, 3.63) is 52.4 Å². The highest BCUT2D eigenvalue weighted by molar-refractivity contribution is 9.10. The predicted octanol–water partition coefficient (Wildman–Crippen LogP) is 3.72. The lowest BCUT2D eigenvalue weighted by atomic mass is 10.1. The highest BCUT2D eigenvalue weighted by Gasteiger charge is 2.06. The molecule has 2 heterocycles. The third-order valence-corrected chi connectivity index (χ3v) is 3.43. The first-order valence-corrected chi connectivity index (χ1v) is 6.24. The molecule has 1 unspecified atom stereocenters. The van der Waals surface area contributed by atoms with Gasteiger partial charge < -0.3 is 5.32 Å². The van der Waals surface area contributed by atoms with E-state index in [0.717, 1.165) is 15.9 Å². The normalized spacial score (nSPS) is 12.2. The molecule has 0 bridgehead atoms. The fourth-order valence-electron chi connectivity index (χ4n) is 1.56. The van der Waals surface area contributed by atoms with Crippen LogP contribution in [0, 0.1) is 6.92 Å². The van der Waals surface area contributed by atoms with Gasteiger partial charge in [-0.15, -0.1) is 0 Å². The Hall–Kier alpha value is -1.42. The van der Waals surface area contributed by atoms with Gasteiger partial charge >= 0.3 is 0 Å². The molecule has 0 aliphatic rings. The van der Waals surface area contributed by atoms with Gasteiger partial charge in [0.05, 0.1) is 6.04 Å². The summed E-state index contributed by atoms with van der Waals surface area (Å²) in [5.74, 6) is 0.877. The quantitative estimate of drug-likeness (QED) is 0.937. The highest BCUT2D eigenvalue weighted by atomic mass is 79.9. The summed E-state index contributed by atoms with van der Waals surface area (Å²) in [6.45, 7) is 4.14. The number of aromatic nitrogens is 2. The molecular weight excluding hydrogens is 278 g/mol. The second kappa shape index (κ2) is 5.27. The average Bonchev–Trinajstić information content (AvgIpc) is 2.35. The standard InChI is InChI=1S/C13H14BrN3/c1-9-6-13(16-8-12(9)14)17-10(2)11-4-3-5-15-7-11/h3-8,10H,1-2H3,(H,16,17). The lowest BCUT2D eigenvalue weighted by Crippen LogP contribution is -2.08. The van der Waals surface area contributed by atoms with Crippen molar-refractivity contribution in [2.75, 3.05) is 5.32 Å². The van der Waals surface area contributed by atoms with Gasteiger partial charge in [0.15, 0.2) is 0 Å². The Bertz CT molecular complexity index is 499. The van der Waals surface area contributed by atoms with Gasteiger partial charge in [-0.1, -0.05) is 6.07 Å². The van der Waals surface area contributed by atoms with Crippen molar-refractivity contribution in [2.45, 2.75) is 19.9 Å². The van der Waals surface area contributed by atoms with Crippen LogP contribution in [0.2, 0.25) is 0 Å². The SMILES string of the molecule is Cc1cc(NC(C)c2cccnc2)ncc1Br. The molecule has 0 aromatic carbocycles. The van der Waals surface area contributed by atoms with Gasteiger partial charge in [-0.25, -0.2) is 4.98 Å². The van der Waals surface area contributed by atoms with E-state index < -0.39 is 0 Å². The van der Waals surface area contributed by atoms with E-state index in [-0.39, 0.29) is 6.04 Å². The zero-order chi connectivity index (χ0) is 12.3. The third kappa shape index (κ3) is 3.03. The molecule has 88 valence electrons. The lowest BCUT2D eigenvalue weighted by Gasteiger charge is -2.15. The first-order chi connectivity index (χ1) is 8.16. The minimum Gasteiger partial charge on any atom is -0.363 e. The Kier molecular flexibility index (Phi) is 3.74. The molecular formula is C13H14BrN3. The smallest absolute Gasteiger partial charge is 0.126 e. The number of nitrogens with zero attached hydrogens (tertiary/aromatic N) is 2. The summed E-state index contributed by atoms with van der Waals surface area (Å²) in [7, 11) is 0. The molecule has 2 aromatic heterocycles. The Balaban J connectivity index is 2.13. The second-order valence-corrected chi connectivity index (χ2v) is 4.83. The molecule has 0 saturated carbocycles. The van der Waals surface area contributed by atoms with Crippen molar-refractivity contribution < 1.29 is 0 Å². The molecule has 1 atom stereocenters. The van der Waals surface area contributed by atoms with Crippen molar-refractivity contribution in [2.24, 2.45) is 0 Å². The van der Waals surface area contributed by atoms with Gasteiger partial charge in [0.25, 0.3) is 0 Å². The third-order valence-electron chi connectivity index (χ3n) is 2.60. The van der Waals surface area contributed by atoms with Gasteiger partial charge in [-0.3, -0.25) is 4.98 Å². The Morgan fingerprint density at radius 1 is 1.35 bits per heavy atom. The topological polar surface area (TPSA) is 37.8 Å². The van der Waals surface area contributed by atoms with E-state index in [4.69, 9.17) is 0 Å². The van der Waals surface area contributed by atoms with Crippen LogP contribution in [0.1, 0.15) is 24.1 Å². The van der Waals surface area contributed by atoms with Gasteiger partial charge in [-0.05, 0) is 53.0 Å². The summed E-state index contributed by atoms with van der Waals surface area (Å²) < 4.78 is 1.03. The van der Waals surface area contributed by atoms with Crippen LogP contribution in [-0.2, 0) is 0 Å². The number of hydrogen-bond acceptors (Lipinski definition) is 3. The van der Waals surface area contributed by atoms with Crippen molar-refractivity contribution in [1.82, 2.24) is 9.97 Å². The van der Waals surface area contributed by atoms with Crippen molar-refractivity contribution in [3.8, 4) is 0 Å². The summed E-state index contributed by atoms with van der Waals surface area (Å²) in [4.78, 5) is 8.44. The fraction of sp³-hybridized carbons (Fsp3) is 0.231. The predicted molar refractivity (Wildman–Crippen MR) is 72.9 cm³/mol. The van der Waals surface area contributed by atoms with E-state index in [1.165, 1.54) is 5.56 Å². The number of anilines is 1. The van der Waals surface area contributed by atoms with Crippen LogP contribution in [0.3, 0.4) is 0 Å². The average molecular weight is 292 g/mol. The number of rotatable bonds is 3. The first-order valence-electron chi connectivity index (χ1n) is 5.45. The maximum Gasteiger partial charge on any atom is 0.126 e. The summed E-state index contributed by atoms with van der Waals surface area (Å²) in [6.07, 6.45) is 5.45. The Morgan fingerprint density at radius 2 is 2.18 bits per heavy atom. The van der Waals surface area contributed by atoms with E-state index in [1.54, 1.807) is 6.20 Å². The molecule has 0 fully saturated rings. The molecule has 0 aliphatic carbocycles. The minimum atomic E-state index is 0.191. The number of halogens is 1. The molecule has 0 aliphatic heterocycles. The largest absolute Gasteiger partial charge is 0.363 e. The molecule has 3 nitrogen and oxygen atoms in total. The molecule has 0 spiro atoms. The maximum atomic E-state index is 4.33. The number of aryl methyl sites for hydroxylation is 1. The van der Waals surface area contributed by atoms with Crippen LogP contribution in [0.25, 0.3) is 0 Å². The molecule has 0 radical (unpaired) electrons. The van der Waals surface area contributed by atoms with Crippen LogP contribution in [0.4, 0.5) is 5.82 Å².